The third kappa shape index (κ3) is 6.44. The van der Waals surface area contributed by atoms with Gasteiger partial charge in [0.2, 0.25) is 5.91 Å². The molecule has 1 aliphatic rings. The van der Waals surface area contributed by atoms with Gasteiger partial charge in [0.25, 0.3) is 0 Å². The van der Waals surface area contributed by atoms with Gasteiger partial charge in [-0.2, -0.15) is 13.2 Å². The Balaban J connectivity index is 1.78. The predicted octanol–water partition coefficient (Wildman–Crippen LogP) is 3.23. The molecular weight excluding hydrogens is 345 g/mol. The minimum Gasteiger partial charge on any atom is -0.353 e. The Morgan fingerprint density at radius 2 is 1.85 bits per heavy atom. The molecule has 0 aromatic heterocycles. The minimum absolute atomic E-state index is 0.0249. The van der Waals surface area contributed by atoms with Crippen LogP contribution in [-0.4, -0.2) is 24.3 Å². The summed E-state index contributed by atoms with van der Waals surface area (Å²) in [5.74, 6) is 0.146. The molecule has 3 N–H and O–H groups in total. The van der Waals surface area contributed by atoms with Gasteiger partial charge in [-0.15, -0.1) is 0 Å². The van der Waals surface area contributed by atoms with E-state index in [9.17, 15) is 22.8 Å². The van der Waals surface area contributed by atoms with Crippen molar-refractivity contribution in [2.24, 2.45) is 11.7 Å². The van der Waals surface area contributed by atoms with Gasteiger partial charge < -0.3 is 11.1 Å². The van der Waals surface area contributed by atoms with Crippen molar-refractivity contribution >= 4 is 11.7 Å². The van der Waals surface area contributed by atoms with Crippen molar-refractivity contribution in [3.8, 4) is 0 Å². The lowest BCUT2D eigenvalue weighted by Crippen LogP contribution is -2.38. The molecular formula is C19H25F3N2O2. The predicted molar refractivity (Wildman–Crippen MR) is 92.3 cm³/mol. The largest absolute Gasteiger partial charge is 0.416 e. The fourth-order valence-electron chi connectivity index (χ4n) is 3.42. The first-order chi connectivity index (χ1) is 12.3. The van der Waals surface area contributed by atoms with Crippen LogP contribution >= 0.6 is 0 Å². The number of nitrogens with two attached hydrogens (primary N) is 1. The summed E-state index contributed by atoms with van der Waals surface area (Å²) >= 11 is 0. The van der Waals surface area contributed by atoms with Crippen molar-refractivity contribution in [3.63, 3.8) is 0 Å². The summed E-state index contributed by atoms with van der Waals surface area (Å²) in [6.07, 6.45) is -0.378. The van der Waals surface area contributed by atoms with Crippen molar-refractivity contribution in [1.29, 1.82) is 0 Å². The van der Waals surface area contributed by atoms with Crippen molar-refractivity contribution in [1.82, 2.24) is 5.32 Å². The van der Waals surface area contributed by atoms with Crippen molar-refractivity contribution in [2.45, 2.75) is 57.2 Å². The summed E-state index contributed by atoms with van der Waals surface area (Å²) < 4.78 is 38.2. The van der Waals surface area contributed by atoms with E-state index in [1.807, 2.05) is 0 Å². The van der Waals surface area contributed by atoms with Gasteiger partial charge in [-0.05, 0) is 43.2 Å². The van der Waals surface area contributed by atoms with Crippen molar-refractivity contribution in [2.75, 3.05) is 6.54 Å². The number of amides is 1. The summed E-state index contributed by atoms with van der Waals surface area (Å²) in [7, 11) is 0. The molecule has 1 saturated carbocycles. The second-order valence-corrected chi connectivity index (χ2v) is 6.94. The Bertz CT molecular complexity index is 623. The first-order valence-corrected chi connectivity index (χ1v) is 8.95. The number of ketones is 1. The van der Waals surface area contributed by atoms with E-state index in [-0.39, 0.29) is 30.1 Å². The SMILES string of the molecule is NCCC(=O)NC1CCC(CC(=O)Cc2cccc(C(F)(F)F)c2)CC1. The first kappa shape index (κ1) is 20.4. The molecule has 0 atom stereocenters. The maximum absolute atomic E-state index is 12.7. The zero-order valence-electron chi connectivity index (χ0n) is 14.6. The Morgan fingerprint density at radius 1 is 1.15 bits per heavy atom. The van der Waals surface area contributed by atoms with Crippen molar-refractivity contribution in [3.05, 3.63) is 35.4 Å². The van der Waals surface area contributed by atoms with Gasteiger partial charge >= 0.3 is 6.18 Å². The van der Waals surface area contributed by atoms with Crippen LogP contribution < -0.4 is 11.1 Å². The molecule has 4 nitrogen and oxygen atoms in total. The number of carbonyl (C=O) groups excluding carboxylic acids is 2. The highest BCUT2D eigenvalue weighted by Gasteiger charge is 2.30. The van der Waals surface area contributed by atoms with E-state index in [1.165, 1.54) is 6.07 Å². The molecule has 0 heterocycles. The summed E-state index contributed by atoms with van der Waals surface area (Å²) in [6.45, 7) is 0.325. The Kier molecular flexibility index (Phi) is 7.20. The minimum atomic E-state index is -4.40. The maximum Gasteiger partial charge on any atom is 0.416 e. The molecule has 0 radical (unpaired) electrons. The second-order valence-electron chi connectivity index (χ2n) is 6.94. The van der Waals surface area contributed by atoms with Crippen LogP contribution in [0.15, 0.2) is 24.3 Å². The van der Waals surface area contributed by atoms with Crippen LogP contribution in [0.1, 0.15) is 49.7 Å². The highest BCUT2D eigenvalue weighted by atomic mass is 19.4. The Hall–Kier alpha value is -1.89. The number of rotatable bonds is 7. The number of hydrogen-bond donors (Lipinski definition) is 2. The topological polar surface area (TPSA) is 72.2 Å². The van der Waals surface area contributed by atoms with Crippen LogP contribution in [0.5, 0.6) is 0 Å². The molecule has 0 saturated heterocycles. The molecule has 2 rings (SSSR count). The van der Waals surface area contributed by atoms with E-state index in [2.05, 4.69) is 5.32 Å². The molecule has 144 valence electrons. The molecule has 1 aromatic rings. The van der Waals surface area contributed by atoms with Crippen LogP contribution in [0.4, 0.5) is 13.2 Å². The molecule has 7 heteroatoms. The van der Waals surface area contributed by atoms with E-state index in [0.717, 1.165) is 37.8 Å². The van der Waals surface area contributed by atoms with E-state index in [1.54, 1.807) is 6.07 Å². The third-order valence-corrected chi connectivity index (χ3v) is 4.76. The fraction of sp³-hybridized carbons (Fsp3) is 0.579. The van der Waals surface area contributed by atoms with Gasteiger partial charge in [0.05, 0.1) is 5.56 Å². The van der Waals surface area contributed by atoms with Gasteiger partial charge in [-0.1, -0.05) is 18.2 Å². The van der Waals surface area contributed by atoms with Crippen LogP contribution in [0, 0.1) is 5.92 Å². The highest BCUT2D eigenvalue weighted by Crippen LogP contribution is 2.30. The molecule has 0 spiro atoms. The molecule has 1 amide bonds. The summed E-state index contributed by atoms with van der Waals surface area (Å²) in [5, 5.41) is 2.94. The third-order valence-electron chi connectivity index (χ3n) is 4.76. The summed E-state index contributed by atoms with van der Waals surface area (Å²) in [5.41, 5.74) is 5.02. The Morgan fingerprint density at radius 3 is 2.46 bits per heavy atom. The average Bonchev–Trinajstić information content (AvgIpc) is 2.56. The smallest absolute Gasteiger partial charge is 0.353 e. The van der Waals surface area contributed by atoms with Crippen LogP contribution in [0.25, 0.3) is 0 Å². The molecule has 1 fully saturated rings. The van der Waals surface area contributed by atoms with E-state index < -0.39 is 11.7 Å². The fourth-order valence-corrected chi connectivity index (χ4v) is 3.42. The number of nitrogens with one attached hydrogen (secondary N) is 1. The van der Waals surface area contributed by atoms with Gasteiger partial charge in [0, 0.05) is 31.8 Å². The lowest BCUT2D eigenvalue weighted by molar-refractivity contribution is -0.137. The number of carbonyl (C=O) groups is 2. The average molecular weight is 370 g/mol. The molecule has 0 aliphatic heterocycles. The van der Waals surface area contributed by atoms with Crippen LogP contribution in [-0.2, 0) is 22.2 Å². The van der Waals surface area contributed by atoms with Gasteiger partial charge in [0.15, 0.2) is 0 Å². The van der Waals surface area contributed by atoms with E-state index in [4.69, 9.17) is 5.73 Å². The zero-order chi connectivity index (χ0) is 19.2. The standard InChI is InChI=1S/C19H25F3N2O2/c20-19(21,22)15-3-1-2-14(10-15)12-17(25)11-13-4-6-16(7-5-13)24-18(26)8-9-23/h1-3,10,13,16H,4-9,11-12,23H2,(H,24,26). The lowest BCUT2D eigenvalue weighted by Gasteiger charge is -2.28. The first-order valence-electron chi connectivity index (χ1n) is 8.95. The van der Waals surface area contributed by atoms with Gasteiger partial charge in [-0.3, -0.25) is 9.59 Å². The van der Waals surface area contributed by atoms with Gasteiger partial charge in [0.1, 0.15) is 5.78 Å². The second kappa shape index (κ2) is 9.16. The molecule has 0 unspecified atom stereocenters. The van der Waals surface area contributed by atoms with E-state index in [0.29, 0.717) is 24.9 Å². The monoisotopic (exact) mass is 370 g/mol. The number of hydrogen-bond acceptors (Lipinski definition) is 3. The quantitative estimate of drug-likeness (QED) is 0.774. The summed E-state index contributed by atoms with van der Waals surface area (Å²) in [4.78, 5) is 23.8. The maximum atomic E-state index is 12.7. The van der Waals surface area contributed by atoms with Crippen LogP contribution in [0.3, 0.4) is 0 Å². The molecule has 1 aliphatic carbocycles. The molecule has 26 heavy (non-hydrogen) atoms. The highest BCUT2D eigenvalue weighted by molar-refractivity contribution is 5.81. The number of halogens is 3. The number of benzene rings is 1. The number of alkyl halides is 3. The summed E-state index contributed by atoms with van der Waals surface area (Å²) in [6, 6.07) is 5.07. The molecule has 1 aromatic carbocycles. The zero-order valence-corrected chi connectivity index (χ0v) is 14.6. The van der Waals surface area contributed by atoms with Crippen LogP contribution in [0.2, 0.25) is 0 Å². The Labute approximate surface area is 151 Å². The van der Waals surface area contributed by atoms with E-state index >= 15 is 0 Å². The molecule has 0 bridgehead atoms. The number of Topliss-reactive ketones (excluding diaryl/α,β-unsaturated/α-hetero) is 1. The lowest BCUT2D eigenvalue weighted by atomic mass is 9.82. The van der Waals surface area contributed by atoms with Gasteiger partial charge in [-0.25, -0.2) is 0 Å². The normalized spacial score (nSPS) is 20.6. The van der Waals surface area contributed by atoms with Crippen molar-refractivity contribution < 1.29 is 22.8 Å².